The van der Waals surface area contributed by atoms with Crippen LogP contribution in [0.1, 0.15) is 0 Å². The second kappa shape index (κ2) is 15.2. The predicted molar refractivity (Wildman–Crippen MR) is 58.1 cm³/mol. The van der Waals surface area contributed by atoms with Gasteiger partial charge in [-0.1, -0.05) is 0 Å². The monoisotopic (exact) mass is 334 g/mol. The zero-order valence-electron chi connectivity index (χ0n) is 8.59. The molecule has 0 spiro atoms. The standard InChI is InChI=1S/2C2H6N4O2.ClH.Cu/c2*3-1(5-7)2(4)6-8;;/h2*5,7H,3-4H2;1H;/q;;;+1/p-1. The molecule has 0 aliphatic rings. The zero-order valence-corrected chi connectivity index (χ0v) is 10.3. The molecule has 18 heavy (non-hydrogen) atoms. The Morgan fingerprint density at radius 1 is 0.889 bits per heavy atom. The first-order valence-electron chi connectivity index (χ1n) is 3.53. The molecule has 0 heterocycles. The molecule has 0 aromatic rings. The Labute approximate surface area is 113 Å². The summed E-state index contributed by atoms with van der Waals surface area (Å²) in [5.41, 5.74) is 22.1. The van der Waals surface area contributed by atoms with Gasteiger partial charge in [-0.2, -0.15) is 0 Å². The molecule has 12 nitrogen and oxygen atoms in total. The quantitative estimate of drug-likeness (QED) is 0.164. The van der Waals surface area contributed by atoms with Crippen LogP contribution in [0.25, 0.3) is 0 Å². The van der Waals surface area contributed by atoms with Crippen LogP contribution in [-0.2, 0) is 15.1 Å². The predicted octanol–water partition coefficient (Wildman–Crippen LogP) is -1.76. The first-order chi connectivity index (χ1) is 8.44. The Kier molecular flexibility index (Phi) is 18.2. The minimum absolute atomic E-state index is 0.347. The molecule has 0 fully saturated rings. The number of nitroso groups, excluding NO2 is 2. The van der Waals surface area contributed by atoms with Gasteiger partial charge < -0.3 is 22.9 Å². The van der Waals surface area contributed by atoms with Crippen LogP contribution in [0, 0.1) is 9.81 Å². The Balaban J connectivity index is -0.000000219. The van der Waals surface area contributed by atoms with Crippen molar-refractivity contribution in [2.24, 2.45) is 33.3 Å². The summed E-state index contributed by atoms with van der Waals surface area (Å²) in [7, 11) is 4.20. The Morgan fingerprint density at radius 3 is 1.17 bits per heavy atom. The average molecular weight is 335 g/mol. The summed E-state index contributed by atoms with van der Waals surface area (Å²) in [5.74, 6) is -1.62. The van der Waals surface area contributed by atoms with Crippen molar-refractivity contribution in [3.63, 3.8) is 0 Å². The molecule has 0 rings (SSSR count). The Morgan fingerprint density at radius 2 is 1.11 bits per heavy atom. The molecule has 0 amide bonds. The molecule has 0 radical (unpaired) electrons. The first-order valence-corrected chi connectivity index (χ1v) is 4.82. The summed E-state index contributed by atoms with van der Waals surface area (Å²) in [6.07, 6.45) is 0. The van der Waals surface area contributed by atoms with Crippen molar-refractivity contribution in [3.05, 3.63) is 33.1 Å². The molecular formula is C4H12ClCuN8O4. The average Bonchev–Trinajstić information content (AvgIpc) is 2.46. The summed E-state index contributed by atoms with van der Waals surface area (Å²) in [6, 6.07) is 0. The molecular weight excluding hydrogens is 323 g/mol. The second-order valence-corrected chi connectivity index (χ2v) is 2.00. The molecule has 0 atom stereocenters. The van der Waals surface area contributed by atoms with Crippen LogP contribution in [-0.4, -0.2) is 10.4 Å². The van der Waals surface area contributed by atoms with Crippen molar-refractivity contribution < 1.29 is 25.5 Å². The molecule has 0 aliphatic heterocycles. The van der Waals surface area contributed by atoms with Crippen LogP contribution in [0.4, 0.5) is 0 Å². The van der Waals surface area contributed by atoms with Crippen molar-refractivity contribution in [2.75, 3.05) is 0 Å². The van der Waals surface area contributed by atoms with Crippen molar-refractivity contribution in [1.82, 2.24) is 11.0 Å². The van der Waals surface area contributed by atoms with E-state index < -0.39 is 11.6 Å². The van der Waals surface area contributed by atoms with Gasteiger partial charge in [0.15, 0.2) is 11.6 Å². The summed E-state index contributed by atoms with van der Waals surface area (Å²) >= 11 is 3.66. The summed E-state index contributed by atoms with van der Waals surface area (Å²) in [6.45, 7) is 0. The summed E-state index contributed by atoms with van der Waals surface area (Å²) in [4.78, 5) is 18.9. The third kappa shape index (κ3) is 12.3. The molecule has 110 valence electrons. The van der Waals surface area contributed by atoms with Crippen molar-refractivity contribution in [3.8, 4) is 0 Å². The van der Waals surface area contributed by atoms with Crippen LogP contribution >= 0.6 is 10.1 Å². The van der Waals surface area contributed by atoms with Crippen LogP contribution in [0.2, 0.25) is 0 Å². The molecule has 0 bridgehead atoms. The number of rotatable bonds is 4. The molecule has 0 saturated heterocycles. The van der Waals surface area contributed by atoms with Gasteiger partial charge in [-0.05, 0) is 10.4 Å². The van der Waals surface area contributed by atoms with Gasteiger partial charge in [0.05, 0.1) is 0 Å². The number of nitrogens with one attached hydrogen (secondary N) is 2. The first kappa shape index (κ1) is 21.5. The van der Waals surface area contributed by atoms with Gasteiger partial charge in [0.2, 0.25) is 11.6 Å². The van der Waals surface area contributed by atoms with Crippen LogP contribution in [0.15, 0.2) is 33.6 Å². The van der Waals surface area contributed by atoms with E-state index in [1.807, 2.05) is 0 Å². The fraction of sp³-hybridized carbons (Fsp3) is 0. The minimum atomic E-state index is -0.465. The summed E-state index contributed by atoms with van der Waals surface area (Å²) < 4.78 is 0. The van der Waals surface area contributed by atoms with Crippen molar-refractivity contribution in [2.45, 2.75) is 0 Å². The van der Waals surface area contributed by atoms with Gasteiger partial charge in [-0.25, -0.2) is 0 Å². The van der Waals surface area contributed by atoms with Crippen LogP contribution in [0.3, 0.4) is 0 Å². The van der Waals surface area contributed by atoms with Crippen molar-refractivity contribution >= 4 is 10.1 Å². The maximum atomic E-state index is 9.44. The molecule has 0 unspecified atom stereocenters. The molecule has 0 aromatic heterocycles. The zero-order chi connectivity index (χ0) is 15.1. The molecule has 0 saturated carbocycles. The maximum absolute atomic E-state index is 9.44. The number of halogens is 1. The number of nitrogens with zero attached hydrogens (tertiary/aromatic N) is 2. The van der Waals surface area contributed by atoms with E-state index in [4.69, 9.17) is 33.3 Å². The molecule has 0 aliphatic carbocycles. The molecule has 14 heteroatoms. The third-order valence-electron chi connectivity index (χ3n) is 0.990. The van der Waals surface area contributed by atoms with Gasteiger partial charge in [-0.3, -0.25) is 21.4 Å². The summed E-state index contributed by atoms with van der Waals surface area (Å²) in [5, 5.41) is 20.3. The van der Waals surface area contributed by atoms with Gasteiger partial charge in [0.25, 0.3) is 0 Å². The molecule has 12 N–H and O–H groups in total. The van der Waals surface area contributed by atoms with Crippen LogP contribution < -0.4 is 33.9 Å². The van der Waals surface area contributed by atoms with E-state index in [9.17, 15) is 9.81 Å². The van der Waals surface area contributed by atoms with E-state index in [0.717, 1.165) is 0 Å². The van der Waals surface area contributed by atoms with E-state index in [2.05, 4.69) is 35.6 Å². The number of nitrogens with two attached hydrogens (primary N) is 4. The van der Waals surface area contributed by atoms with E-state index >= 15 is 0 Å². The van der Waals surface area contributed by atoms with Crippen molar-refractivity contribution in [1.29, 1.82) is 0 Å². The number of hydrogen-bond donors (Lipinski definition) is 8. The van der Waals surface area contributed by atoms with Crippen LogP contribution in [0.5, 0.6) is 0 Å². The third-order valence-corrected chi connectivity index (χ3v) is 0.990. The fourth-order valence-corrected chi connectivity index (χ4v) is 0.213. The van der Waals surface area contributed by atoms with E-state index in [-0.39, 0.29) is 11.6 Å². The van der Waals surface area contributed by atoms with Gasteiger partial charge in [-0.15, -0.1) is 9.81 Å². The molecule has 0 aromatic carbocycles. The topological polar surface area (TPSA) is 227 Å². The van der Waals surface area contributed by atoms with Gasteiger partial charge in [0, 0.05) is 0 Å². The number of hydroxylamine groups is 2. The second-order valence-electron chi connectivity index (χ2n) is 2.00. The Hall–Kier alpha value is -1.79. The normalized spacial score (nSPS) is 11.2. The Bertz CT molecular complexity index is 279. The SMILES string of the molecule is NC(N=O)=C(N)NO.NC(N=O)=C(N)NO.[Cl][Cu]. The van der Waals surface area contributed by atoms with Gasteiger partial charge >= 0.3 is 25.2 Å². The van der Waals surface area contributed by atoms with E-state index in [1.54, 1.807) is 0 Å². The van der Waals surface area contributed by atoms with E-state index in [0.29, 0.717) is 0 Å². The fourth-order valence-electron chi connectivity index (χ4n) is 0.213. The van der Waals surface area contributed by atoms with E-state index in [1.165, 1.54) is 11.0 Å². The number of hydrogen-bond acceptors (Lipinski definition) is 12. The van der Waals surface area contributed by atoms with Gasteiger partial charge in [0.1, 0.15) is 0 Å².